The van der Waals surface area contributed by atoms with E-state index in [4.69, 9.17) is 14.6 Å². The summed E-state index contributed by atoms with van der Waals surface area (Å²) in [5.74, 6) is -1.35. The molecule has 0 aromatic carbocycles. The van der Waals surface area contributed by atoms with Crippen LogP contribution in [-0.2, 0) is 19.1 Å². The van der Waals surface area contributed by atoms with E-state index in [2.05, 4.69) is 5.32 Å². The van der Waals surface area contributed by atoms with Crippen LogP contribution in [0.2, 0.25) is 0 Å². The minimum absolute atomic E-state index is 0.327. The van der Waals surface area contributed by atoms with Crippen molar-refractivity contribution in [2.24, 2.45) is 0 Å². The van der Waals surface area contributed by atoms with Crippen LogP contribution in [0.1, 0.15) is 25.7 Å². The van der Waals surface area contributed by atoms with E-state index in [0.717, 1.165) is 6.42 Å². The number of carbonyl (C=O) groups is 2. The fourth-order valence-corrected chi connectivity index (χ4v) is 1.74. The standard InChI is InChI=1S/C11H19NO5/c1-16-6-2-4-8(11(14)15)12-10(13)9-5-3-7-17-9/h8-9H,2-7H2,1H3,(H,12,13)(H,14,15)/t8?,9-/m0/s1. The van der Waals surface area contributed by atoms with E-state index in [1.807, 2.05) is 0 Å². The molecule has 6 nitrogen and oxygen atoms in total. The SMILES string of the molecule is COCCCC(NC(=O)[C@@H]1CCCO1)C(=O)O. The van der Waals surface area contributed by atoms with Gasteiger partial charge in [-0.05, 0) is 25.7 Å². The Bertz CT molecular complexity index is 263. The van der Waals surface area contributed by atoms with Crippen molar-refractivity contribution in [1.29, 1.82) is 0 Å². The molecule has 6 heteroatoms. The van der Waals surface area contributed by atoms with Gasteiger partial charge < -0.3 is 19.9 Å². The molecule has 1 heterocycles. The van der Waals surface area contributed by atoms with Crippen LogP contribution in [0.4, 0.5) is 0 Å². The Labute approximate surface area is 100 Å². The number of amides is 1. The highest BCUT2D eigenvalue weighted by Crippen LogP contribution is 2.12. The van der Waals surface area contributed by atoms with Crippen molar-refractivity contribution in [3.63, 3.8) is 0 Å². The number of ether oxygens (including phenoxy) is 2. The predicted octanol–water partition coefficient (Wildman–Crippen LogP) is 0.161. The van der Waals surface area contributed by atoms with E-state index in [0.29, 0.717) is 32.5 Å². The molecule has 1 aliphatic heterocycles. The largest absolute Gasteiger partial charge is 0.480 e. The van der Waals surface area contributed by atoms with E-state index < -0.39 is 18.1 Å². The highest BCUT2D eigenvalue weighted by molar-refractivity contribution is 5.86. The molecule has 98 valence electrons. The Kier molecular flexibility index (Phi) is 5.93. The maximum Gasteiger partial charge on any atom is 0.326 e. The monoisotopic (exact) mass is 245 g/mol. The zero-order chi connectivity index (χ0) is 12.7. The van der Waals surface area contributed by atoms with E-state index in [1.54, 1.807) is 7.11 Å². The molecular weight excluding hydrogens is 226 g/mol. The minimum Gasteiger partial charge on any atom is -0.480 e. The first-order valence-corrected chi connectivity index (χ1v) is 5.79. The van der Waals surface area contributed by atoms with Crippen molar-refractivity contribution >= 4 is 11.9 Å². The molecule has 0 spiro atoms. The van der Waals surface area contributed by atoms with Gasteiger partial charge in [-0.1, -0.05) is 0 Å². The Balaban J connectivity index is 2.36. The van der Waals surface area contributed by atoms with E-state index >= 15 is 0 Å². The van der Waals surface area contributed by atoms with Gasteiger partial charge in [-0.2, -0.15) is 0 Å². The van der Waals surface area contributed by atoms with Gasteiger partial charge in [-0.3, -0.25) is 4.79 Å². The molecule has 1 fully saturated rings. The zero-order valence-corrected chi connectivity index (χ0v) is 9.98. The van der Waals surface area contributed by atoms with Crippen LogP contribution in [0, 0.1) is 0 Å². The summed E-state index contributed by atoms with van der Waals surface area (Å²) in [6.45, 7) is 1.05. The number of rotatable bonds is 7. The van der Waals surface area contributed by atoms with Crippen LogP contribution in [0.25, 0.3) is 0 Å². The third-order valence-electron chi connectivity index (χ3n) is 2.68. The van der Waals surface area contributed by atoms with E-state index in [-0.39, 0.29) is 5.91 Å². The van der Waals surface area contributed by atoms with Gasteiger partial charge >= 0.3 is 5.97 Å². The second-order valence-corrected chi connectivity index (χ2v) is 4.04. The molecule has 0 aliphatic carbocycles. The lowest BCUT2D eigenvalue weighted by atomic mass is 10.1. The molecule has 0 saturated carbocycles. The highest BCUT2D eigenvalue weighted by atomic mass is 16.5. The maximum atomic E-state index is 11.7. The third-order valence-corrected chi connectivity index (χ3v) is 2.68. The molecule has 0 aromatic rings. The molecule has 1 aliphatic rings. The average molecular weight is 245 g/mol. The van der Waals surface area contributed by atoms with E-state index in [9.17, 15) is 9.59 Å². The molecule has 2 atom stereocenters. The third kappa shape index (κ3) is 4.70. The lowest BCUT2D eigenvalue weighted by Crippen LogP contribution is -2.45. The summed E-state index contributed by atoms with van der Waals surface area (Å²) < 4.78 is 10.0. The smallest absolute Gasteiger partial charge is 0.326 e. The summed E-state index contributed by atoms with van der Waals surface area (Å²) in [4.78, 5) is 22.6. The highest BCUT2D eigenvalue weighted by Gasteiger charge is 2.27. The van der Waals surface area contributed by atoms with Crippen molar-refractivity contribution in [3.05, 3.63) is 0 Å². The van der Waals surface area contributed by atoms with Crippen molar-refractivity contribution in [2.45, 2.75) is 37.8 Å². The molecule has 1 rings (SSSR count). The summed E-state index contributed by atoms with van der Waals surface area (Å²) in [5.41, 5.74) is 0. The summed E-state index contributed by atoms with van der Waals surface area (Å²) >= 11 is 0. The van der Waals surface area contributed by atoms with Gasteiger partial charge in [0, 0.05) is 20.3 Å². The lowest BCUT2D eigenvalue weighted by molar-refractivity contribution is -0.143. The Morgan fingerprint density at radius 3 is 2.88 bits per heavy atom. The van der Waals surface area contributed by atoms with Crippen LogP contribution in [0.15, 0.2) is 0 Å². The fraction of sp³-hybridized carbons (Fsp3) is 0.818. The van der Waals surface area contributed by atoms with Gasteiger partial charge in [0.05, 0.1) is 0 Å². The number of hydrogen-bond acceptors (Lipinski definition) is 4. The predicted molar refractivity (Wildman–Crippen MR) is 59.7 cm³/mol. The molecule has 0 aromatic heterocycles. The van der Waals surface area contributed by atoms with Crippen molar-refractivity contribution in [1.82, 2.24) is 5.32 Å². The molecule has 1 saturated heterocycles. The molecule has 2 N–H and O–H groups in total. The Morgan fingerprint density at radius 1 is 1.59 bits per heavy atom. The number of aliphatic carboxylic acids is 1. The van der Waals surface area contributed by atoms with Crippen molar-refractivity contribution in [2.75, 3.05) is 20.3 Å². The first kappa shape index (κ1) is 13.9. The molecule has 1 unspecified atom stereocenters. The van der Waals surface area contributed by atoms with Gasteiger partial charge in [0.2, 0.25) is 5.91 Å². The molecule has 1 amide bonds. The van der Waals surface area contributed by atoms with Gasteiger partial charge in [0.1, 0.15) is 12.1 Å². The summed E-state index contributed by atoms with van der Waals surface area (Å²) in [6.07, 6.45) is 1.98. The first-order chi connectivity index (χ1) is 8.15. The Morgan fingerprint density at radius 2 is 2.35 bits per heavy atom. The number of methoxy groups -OCH3 is 1. The van der Waals surface area contributed by atoms with Crippen LogP contribution in [-0.4, -0.2) is 49.5 Å². The van der Waals surface area contributed by atoms with Crippen LogP contribution >= 0.6 is 0 Å². The second-order valence-electron chi connectivity index (χ2n) is 4.04. The van der Waals surface area contributed by atoms with Gasteiger partial charge in [-0.15, -0.1) is 0 Å². The number of carboxylic acid groups (broad SMARTS) is 1. The fourth-order valence-electron chi connectivity index (χ4n) is 1.74. The molecular formula is C11H19NO5. The molecule has 0 radical (unpaired) electrons. The van der Waals surface area contributed by atoms with Crippen LogP contribution in [0.5, 0.6) is 0 Å². The van der Waals surface area contributed by atoms with Gasteiger partial charge in [0.25, 0.3) is 0 Å². The quantitative estimate of drug-likeness (QED) is 0.624. The molecule has 17 heavy (non-hydrogen) atoms. The Hall–Kier alpha value is -1.14. The number of carboxylic acids is 1. The van der Waals surface area contributed by atoms with Crippen molar-refractivity contribution < 1.29 is 24.2 Å². The summed E-state index contributed by atoms with van der Waals surface area (Å²) in [5, 5.41) is 11.5. The number of nitrogens with one attached hydrogen (secondary N) is 1. The second kappa shape index (κ2) is 7.24. The van der Waals surface area contributed by atoms with Crippen molar-refractivity contribution in [3.8, 4) is 0 Å². The normalized spacial score (nSPS) is 21.1. The van der Waals surface area contributed by atoms with E-state index in [1.165, 1.54) is 0 Å². The van der Waals surface area contributed by atoms with Gasteiger partial charge in [0.15, 0.2) is 0 Å². The lowest BCUT2D eigenvalue weighted by Gasteiger charge is -2.16. The minimum atomic E-state index is -1.02. The first-order valence-electron chi connectivity index (χ1n) is 5.79. The summed E-state index contributed by atoms with van der Waals surface area (Å²) in [7, 11) is 1.56. The molecule has 0 bridgehead atoms. The van der Waals surface area contributed by atoms with Gasteiger partial charge in [-0.25, -0.2) is 4.79 Å². The summed E-state index contributed by atoms with van der Waals surface area (Å²) in [6, 6.07) is -0.859. The average Bonchev–Trinajstić information content (AvgIpc) is 2.81. The zero-order valence-electron chi connectivity index (χ0n) is 9.98. The number of hydrogen-bond donors (Lipinski definition) is 2. The topological polar surface area (TPSA) is 84.9 Å². The number of carbonyl (C=O) groups excluding carboxylic acids is 1. The van der Waals surface area contributed by atoms with Crippen LogP contribution in [0.3, 0.4) is 0 Å². The maximum absolute atomic E-state index is 11.7. The van der Waals surface area contributed by atoms with Crippen LogP contribution < -0.4 is 5.32 Å².